The number of hydrogen-bond acceptors (Lipinski definition) is 3. The summed E-state index contributed by atoms with van der Waals surface area (Å²) >= 11 is 0. The number of aromatic nitrogens is 3. The summed E-state index contributed by atoms with van der Waals surface area (Å²) in [6.45, 7) is 6.51. The van der Waals surface area contributed by atoms with Crippen LogP contribution in [0, 0.1) is 13.8 Å². The molecule has 0 radical (unpaired) electrons. The topological polar surface area (TPSA) is 59.3 Å². The second kappa shape index (κ2) is 4.53. The molecule has 0 saturated carbocycles. The Morgan fingerprint density at radius 3 is 2.88 bits per heavy atom. The van der Waals surface area contributed by atoms with Gasteiger partial charge in [-0.2, -0.15) is 5.10 Å². The molecule has 1 N–H and O–H groups in total. The zero-order chi connectivity index (χ0) is 12.4. The van der Waals surface area contributed by atoms with Crippen LogP contribution < -0.4 is 5.32 Å². The van der Waals surface area contributed by atoms with Gasteiger partial charge in [-0.25, -0.2) is 9.50 Å². The van der Waals surface area contributed by atoms with E-state index in [2.05, 4.69) is 15.4 Å². The van der Waals surface area contributed by atoms with Gasteiger partial charge in [0.15, 0.2) is 5.65 Å². The molecule has 5 nitrogen and oxygen atoms in total. The molecule has 2 aromatic heterocycles. The molecule has 90 valence electrons. The average Bonchev–Trinajstić information content (AvgIpc) is 2.67. The zero-order valence-corrected chi connectivity index (χ0v) is 10.3. The number of hydrogen-bond donors (Lipinski definition) is 1. The highest BCUT2D eigenvalue weighted by molar-refractivity contribution is 5.92. The molecule has 2 rings (SSSR count). The monoisotopic (exact) mass is 232 g/mol. The molecule has 2 heterocycles. The summed E-state index contributed by atoms with van der Waals surface area (Å²) in [6, 6.07) is 3.62. The fraction of sp³-hybridized carbons (Fsp3) is 0.417. The maximum atomic E-state index is 11.8. The molecule has 5 heteroatoms. The van der Waals surface area contributed by atoms with Gasteiger partial charge in [-0.1, -0.05) is 6.92 Å². The Bertz CT molecular complexity index is 559. The number of rotatable bonds is 3. The molecule has 0 aromatic carbocycles. The minimum Gasteiger partial charge on any atom is -0.351 e. The maximum absolute atomic E-state index is 11.8. The summed E-state index contributed by atoms with van der Waals surface area (Å²) < 4.78 is 1.74. The summed E-state index contributed by atoms with van der Waals surface area (Å²) in [4.78, 5) is 16.1. The van der Waals surface area contributed by atoms with Crippen molar-refractivity contribution >= 4 is 11.6 Å². The van der Waals surface area contributed by atoms with Gasteiger partial charge in [0.2, 0.25) is 0 Å². The lowest BCUT2D eigenvalue weighted by Gasteiger charge is -2.05. The Kier molecular flexibility index (Phi) is 3.08. The molecule has 0 unspecified atom stereocenters. The minimum atomic E-state index is -0.128. The van der Waals surface area contributed by atoms with Crippen molar-refractivity contribution in [2.45, 2.75) is 27.2 Å². The highest BCUT2D eigenvalue weighted by atomic mass is 16.1. The van der Waals surface area contributed by atoms with E-state index in [0.717, 1.165) is 17.8 Å². The van der Waals surface area contributed by atoms with Crippen LogP contribution in [0.2, 0.25) is 0 Å². The minimum absolute atomic E-state index is 0.128. The summed E-state index contributed by atoms with van der Waals surface area (Å²) in [6.07, 6.45) is 0.915. The van der Waals surface area contributed by atoms with E-state index >= 15 is 0 Å². The summed E-state index contributed by atoms with van der Waals surface area (Å²) in [7, 11) is 0. The fourth-order valence-electron chi connectivity index (χ4n) is 1.69. The van der Waals surface area contributed by atoms with E-state index in [4.69, 9.17) is 0 Å². The third-order valence-corrected chi connectivity index (χ3v) is 2.50. The normalized spacial score (nSPS) is 10.8. The molecule has 0 aliphatic heterocycles. The summed E-state index contributed by atoms with van der Waals surface area (Å²) in [5.41, 5.74) is 2.96. The van der Waals surface area contributed by atoms with Crippen molar-refractivity contribution in [1.29, 1.82) is 0 Å². The van der Waals surface area contributed by atoms with Crippen molar-refractivity contribution in [1.82, 2.24) is 19.9 Å². The predicted octanol–water partition coefficient (Wildman–Crippen LogP) is 1.49. The van der Waals surface area contributed by atoms with Crippen LogP contribution in [0.3, 0.4) is 0 Å². The number of carbonyl (C=O) groups is 1. The second-order valence-electron chi connectivity index (χ2n) is 4.09. The third kappa shape index (κ3) is 2.27. The first-order valence-corrected chi connectivity index (χ1v) is 5.74. The number of carbonyl (C=O) groups excluding carboxylic acids is 1. The van der Waals surface area contributed by atoms with Crippen molar-refractivity contribution < 1.29 is 4.79 Å². The maximum Gasteiger partial charge on any atom is 0.270 e. The number of nitrogens with zero attached hydrogens (tertiary/aromatic N) is 3. The van der Waals surface area contributed by atoms with Crippen LogP contribution in [0.15, 0.2) is 12.1 Å². The highest BCUT2D eigenvalue weighted by Crippen LogP contribution is 2.08. The van der Waals surface area contributed by atoms with Gasteiger partial charge in [-0.05, 0) is 26.3 Å². The molecule has 0 spiro atoms. The van der Waals surface area contributed by atoms with Gasteiger partial charge >= 0.3 is 0 Å². The molecule has 0 saturated heterocycles. The molecule has 0 aliphatic carbocycles. The highest BCUT2D eigenvalue weighted by Gasteiger charge is 2.10. The molecule has 0 aliphatic rings. The summed E-state index contributed by atoms with van der Waals surface area (Å²) in [5, 5.41) is 7.11. The van der Waals surface area contributed by atoms with Crippen LogP contribution in [-0.4, -0.2) is 27.0 Å². The van der Waals surface area contributed by atoms with Gasteiger partial charge in [0.25, 0.3) is 5.91 Å². The lowest BCUT2D eigenvalue weighted by molar-refractivity contribution is 0.0948. The third-order valence-electron chi connectivity index (χ3n) is 2.50. The van der Waals surface area contributed by atoms with E-state index in [-0.39, 0.29) is 5.91 Å². The average molecular weight is 232 g/mol. The van der Waals surface area contributed by atoms with Gasteiger partial charge in [0, 0.05) is 18.3 Å². The van der Waals surface area contributed by atoms with Crippen molar-refractivity contribution in [2.75, 3.05) is 6.54 Å². The second-order valence-corrected chi connectivity index (χ2v) is 4.09. The van der Waals surface area contributed by atoms with Gasteiger partial charge < -0.3 is 5.32 Å². The van der Waals surface area contributed by atoms with Crippen LogP contribution in [-0.2, 0) is 0 Å². The van der Waals surface area contributed by atoms with Gasteiger partial charge in [0.1, 0.15) is 5.69 Å². The fourth-order valence-corrected chi connectivity index (χ4v) is 1.69. The largest absolute Gasteiger partial charge is 0.351 e. The Balaban J connectivity index is 2.39. The number of fused-ring (bicyclic) bond motifs is 1. The first kappa shape index (κ1) is 11.6. The van der Waals surface area contributed by atoms with E-state index < -0.39 is 0 Å². The number of aryl methyl sites for hydroxylation is 2. The van der Waals surface area contributed by atoms with Crippen molar-refractivity contribution in [3.8, 4) is 0 Å². The van der Waals surface area contributed by atoms with E-state index in [1.54, 1.807) is 10.6 Å². The van der Waals surface area contributed by atoms with Crippen LogP contribution >= 0.6 is 0 Å². The SMILES string of the molecule is CCCNC(=O)c1cc(C)n2nc(C)cc2n1. The van der Waals surface area contributed by atoms with Crippen LogP contribution in [0.25, 0.3) is 5.65 Å². The molecular weight excluding hydrogens is 216 g/mol. The number of nitrogens with one attached hydrogen (secondary N) is 1. The molecule has 0 fully saturated rings. The van der Waals surface area contributed by atoms with E-state index in [1.165, 1.54) is 0 Å². The molecule has 0 atom stereocenters. The lowest BCUT2D eigenvalue weighted by Crippen LogP contribution is -2.25. The predicted molar refractivity (Wildman–Crippen MR) is 65.1 cm³/mol. The Labute approximate surface area is 99.9 Å². The van der Waals surface area contributed by atoms with Gasteiger partial charge in [-0.3, -0.25) is 4.79 Å². The van der Waals surface area contributed by atoms with Gasteiger partial charge in [0.05, 0.1) is 5.69 Å². The van der Waals surface area contributed by atoms with Crippen LogP contribution in [0.1, 0.15) is 35.2 Å². The lowest BCUT2D eigenvalue weighted by atomic mass is 10.3. The van der Waals surface area contributed by atoms with Crippen LogP contribution in [0.4, 0.5) is 0 Å². The molecule has 17 heavy (non-hydrogen) atoms. The smallest absolute Gasteiger partial charge is 0.270 e. The molecule has 2 aromatic rings. The Morgan fingerprint density at radius 1 is 1.41 bits per heavy atom. The molecule has 1 amide bonds. The zero-order valence-electron chi connectivity index (χ0n) is 10.3. The van der Waals surface area contributed by atoms with Crippen molar-refractivity contribution in [2.24, 2.45) is 0 Å². The van der Waals surface area contributed by atoms with E-state index in [1.807, 2.05) is 26.8 Å². The standard InChI is InChI=1S/C12H16N4O/c1-4-5-13-12(17)10-7-9(3)16-11(14-10)6-8(2)15-16/h6-7H,4-5H2,1-3H3,(H,13,17). The Hall–Kier alpha value is -1.91. The van der Waals surface area contributed by atoms with Crippen molar-refractivity contribution in [3.05, 3.63) is 29.2 Å². The Morgan fingerprint density at radius 2 is 2.18 bits per heavy atom. The number of amides is 1. The van der Waals surface area contributed by atoms with Crippen LogP contribution in [0.5, 0.6) is 0 Å². The molecular formula is C12H16N4O. The van der Waals surface area contributed by atoms with Gasteiger partial charge in [-0.15, -0.1) is 0 Å². The van der Waals surface area contributed by atoms with E-state index in [9.17, 15) is 4.79 Å². The first-order valence-electron chi connectivity index (χ1n) is 5.74. The quantitative estimate of drug-likeness (QED) is 0.872. The van der Waals surface area contributed by atoms with Crippen molar-refractivity contribution in [3.63, 3.8) is 0 Å². The summed E-state index contributed by atoms with van der Waals surface area (Å²) in [5.74, 6) is -0.128. The molecule has 0 bridgehead atoms. The first-order chi connectivity index (χ1) is 8.11. The van der Waals surface area contributed by atoms with E-state index in [0.29, 0.717) is 17.9 Å².